The van der Waals surface area contributed by atoms with Crippen molar-refractivity contribution in [3.63, 3.8) is 0 Å². The van der Waals surface area contributed by atoms with Crippen LogP contribution in [0.3, 0.4) is 0 Å². The SMILES string of the molecule is COCC1CCCN(C(=O)[C@@H]2CC=CC[C@@H]2C(=O)O)C1. The maximum atomic E-state index is 12.6. The van der Waals surface area contributed by atoms with Crippen molar-refractivity contribution in [3.8, 4) is 0 Å². The molecule has 1 heterocycles. The van der Waals surface area contributed by atoms with E-state index in [-0.39, 0.29) is 5.91 Å². The lowest BCUT2D eigenvalue weighted by molar-refractivity contribution is -0.151. The molecule has 1 N–H and O–H groups in total. The monoisotopic (exact) mass is 281 g/mol. The molecule has 1 aliphatic carbocycles. The fraction of sp³-hybridized carbons (Fsp3) is 0.733. The van der Waals surface area contributed by atoms with E-state index in [9.17, 15) is 14.7 Å². The minimum Gasteiger partial charge on any atom is -0.481 e. The number of hydrogen-bond donors (Lipinski definition) is 1. The molecule has 0 spiro atoms. The summed E-state index contributed by atoms with van der Waals surface area (Å²) in [6.45, 7) is 2.10. The van der Waals surface area contributed by atoms with Gasteiger partial charge in [-0.05, 0) is 31.6 Å². The Hall–Kier alpha value is -1.36. The number of allylic oxidation sites excluding steroid dienone is 2. The molecule has 2 rings (SSSR count). The highest BCUT2D eigenvalue weighted by Crippen LogP contribution is 2.29. The highest BCUT2D eigenvalue weighted by atomic mass is 16.5. The molecule has 0 bridgehead atoms. The topological polar surface area (TPSA) is 66.8 Å². The lowest BCUT2D eigenvalue weighted by Crippen LogP contribution is -2.46. The summed E-state index contributed by atoms with van der Waals surface area (Å²) in [7, 11) is 1.67. The first-order chi connectivity index (χ1) is 9.63. The number of aliphatic carboxylic acids is 1. The molecular weight excluding hydrogens is 258 g/mol. The Morgan fingerprint density at radius 2 is 2.00 bits per heavy atom. The number of carbonyl (C=O) groups is 2. The lowest BCUT2D eigenvalue weighted by Gasteiger charge is -2.36. The number of carboxylic acid groups (broad SMARTS) is 1. The predicted molar refractivity (Wildman–Crippen MR) is 74.2 cm³/mol. The van der Waals surface area contributed by atoms with Crippen molar-refractivity contribution in [1.29, 1.82) is 0 Å². The molecule has 5 heteroatoms. The molecule has 20 heavy (non-hydrogen) atoms. The van der Waals surface area contributed by atoms with Gasteiger partial charge in [-0.1, -0.05) is 12.2 Å². The zero-order valence-corrected chi connectivity index (χ0v) is 12.0. The van der Waals surface area contributed by atoms with Crippen molar-refractivity contribution in [1.82, 2.24) is 4.90 Å². The quantitative estimate of drug-likeness (QED) is 0.794. The Kier molecular flexibility index (Phi) is 5.17. The second-order valence-electron chi connectivity index (χ2n) is 5.74. The van der Waals surface area contributed by atoms with Gasteiger partial charge in [0.1, 0.15) is 0 Å². The first-order valence-electron chi connectivity index (χ1n) is 7.29. The van der Waals surface area contributed by atoms with Crippen LogP contribution in [0, 0.1) is 17.8 Å². The standard InChI is InChI=1S/C15H23NO4/c1-20-10-11-5-4-8-16(9-11)14(17)12-6-2-3-7-13(12)15(18)19/h2-3,11-13H,4-10H2,1H3,(H,18,19)/t11?,12-,13+/m1/s1. The number of nitrogens with zero attached hydrogens (tertiary/aromatic N) is 1. The molecule has 0 radical (unpaired) electrons. The number of likely N-dealkylation sites (tertiary alicyclic amines) is 1. The Morgan fingerprint density at radius 1 is 1.30 bits per heavy atom. The smallest absolute Gasteiger partial charge is 0.307 e. The zero-order chi connectivity index (χ0) is 14.5. The van der Waals surface area contributed by atoms with Crippen LogP contribution in [0.2, 0.25) is 0 Å². The summed E-state index contributed by atoms with van der Waals surface area (Å²) >= 11 is 0. The number of methoxy groups -OCH3 is 1. The fourth-order valence-corrected chi connectivity index (χ4v) is 3.23. The Balaban J connectivity index is 2.02. The van der Waals surface area contributed by atoms with E-state index in [0.717, 1.165) is 19.4 Å². The van der Waals surface area contributed by atoms with Gasteiger partial charge in [0.2, 0.25) is 5.91 Å². The fourth-order valence-electron chi connectivity index (χ4n) is 3.23. The van der Waals surface area contributed by atoms with Gasteiger partial charge in [0.15, 0.2) is 0 Å². The van der Waals surface area contributed by atoms with Crippen LogP contribution >= 0.6 is 0 Å². The van der Waals surface area contributed by atoms with E-state index in [1.54, 1.807) is 7.11 Å². The molecule has 1 saturated heterocycles. The summed E-state index contributed by atoms with van der Waals surface area (Å²) in [5.41, 5.74) is 0. The van der Waals surface area contributed by atoms with Crippen LogP contribution in [-0.2, 0) is 14.3 Å². The van der Waals surface area contributed by atoms with Crippen molar-refractivity contribution in [2.24, 2.45) is 17.8 Å². The average Bonchev–Trinajstić information content (AvgIpc) is 2.47. The van der Waals surface area contributed by atoms with Crippen LogP contribution in [0.5, 0.6) is 0 Å². The number of ether oxygens (including phenoxy) is 1. The van der Waals surface area contributed by atoms with Gasteiger partial charge < -0.3 is 14.7 Å². The van der Waals surface area contributed by atoms with Crippen molar-refractivity contribution in [2.75, 3.05) is 26.8 Å². The van der Waals surface area contributed by atoms with Crippen molar-refractivity contribution in [2.45, 2.75) is 25.7 Å². The summed E-state index contributed by atoms with van der Waals surface area (Å²) in [5.74, 6) is -1.46. The Bertz CT molecular complexity index is 391. The van der Waals surface area contributed by atoms with E-state index >= 15 is 0 Å². The number of piperidine rings is 1. The third-order valence-corrected chi connectivity index (χ3v) is 4.30. The average molecular weight is 281 g/mol. The number of amides is 1. The Labute approximate surface area is 119 Å². The van der Waals surface area contributed by atoms with Gasteiger partial charge in [-0.2, -0.15) is 0 Å². The molecule has 3 atom stereocenters. The minimum absolute atomic E-state index is 0.00236. The molecule has 0 aromatic rings. The van der Waals surface area contributed by atoms with Gasteiger partial charge in [0.05, 0.1) is 18.4 Å². The number of hydrogen-bond acceptors (Lipinski definition) is 3. The van der Waals surface area contributed by atoms with Crippen LogP contribution in [0.1, 0.15) is 25.7 Å². The van der Waals surface area contributed by atoms with Gasteiger partial charge in [0.25, 0.3) is 0 Å². The maximum absolute atomic E-state index is 12.6. The van der Waals surface area contributed by atoms with Crippen molar-refractivity contribution < 1.29 is 19.4 Å². The maximum Gasteiger partial charge on any atom is 0.307 e. The highest BCUT2D eigenvalue weighted by Gasteiger charge is 2.37. The number of carboxylic acids is 1. The molecule has 1 fully saturated rings. The third kappa shape index (κ3) is 3.39. The predicted octanol–water partition coefficient (Wildman–Crippen LogP) is 1.54. The number of rotatable bonds is 4. The highest BCUT2D eigenvalue weighted by molar-refractivity contribution is 5.85. The van der Waals surface area contributed by atoms with Crippen molar-refractivity contribution in [3.05, 3.63) is 12.2 Å². The second kappa shape index (κ2) is 6.88. The molecule has 5 nitrogen and oxygen atoms in total. The van der Waals surface area contributed by atoms with E-state index in [1.165, 1.54) is 0 Å². The Morgan fingerprint density at radius 3 is 2.65 bits per heavy atom. The number of carbonyl (C=O) groups excluding carboxylic acids is 1. The second-order valence-corrected chi connectivity index (χ2v) is 5.74. The summed E-state index contributed by atoms with van der Waals surface area (Å²) < 4.78 is 5.17. The third-order valence-electron chi connectivity index (χ3n) is 4.30. The molecule has 1 unspecified atom stereocenters. The molecule has 0 saturated carbocycles. The zero-order valence-electron chi connectivity index (χ0n) is 12.0. The van der Waals surface area contributed by atoms with Crippen LogP contribution in [0.25, 0.3) is 0 Å². The van der Waals surface area contributed by atoms with Crippen LogP contribution in [-0.4, -0.2) is 48.7 Å². The first kappa shape index (κ1) is 15.0. The van der Waals surface area contributed by atoms with Gasteiger partial charge in [-0.3, -0.25) is 9.59 Å². The first-order valence-corrected chi connectivity index (χ1v) is 7.29. The molecule has 112 valence electrons. The summed E-state index contributed by atoms with van der Waals surface area (Å²) in [5, 5.41) is 9.27. The van der Waals surface area contributed by atoms with E-state index in [2.05, 4.69) is 0 Å². The van der Waals surface area contributed by atoms with Crippen molar-refractivity contribution >= 4 is 11.9 Å². The van der Waals surface area contributed by atoms with E-state index < -0.39 is 17.8 Å². The van der Waals surface area contributed by atoms with E-state index in [4.69, 9.17) is 4.74 Å². The minimum atomic E-state index is -0.863. The van der Waals surface area contributed by atoms with Gasteiger partial charge in [0, 0.05) is 20.2 Å². The molecule has 1 aliphatic heterocycles. The van der Waals surface area contributed by atoms with Crippen LogP contribution in [0.4, 0.5) is 0 Å². The van der Waals surface area contributed by atoms with Crippen LogP contribution in [0.15, 0.2) is 12.2 Å². The summed E-state index contributed by atoms with van der Waals surface area (Å²) in [6.07, 6.45) is 6.85. The lowest BCUT2D eigenvalue weighted by atomic mass is 9.81. The molecule has 2 aliphatic rings. The molecule has 1 amide bonds. The van der Waals surface area contributed by atoms with E-state index in [0.29, 0.717) is 31.9 Å². The van der Waals surface area contributed by atoms with E-state index in [1.807, 2.05) is 17.1 Å². The molecule has 0 aromatic carbocycles. The summed E-state index contributed by atoms with van der Waals surface area (Å²) in [4.78, 5) is 25.7. The summed E-state index contributed by atoms with van der Waals surface area (Å²) in [6, 6.07) is 0. The van der Waals surface area contributed by atoms with Gasteiger partial charge in [-0.15, -0.1) is 0 Å². The molecule has 0 aromatic heterocycles. The van der Waals surface area contributed by atoms with Crippen LogP contribution < -0.4 is 0 Å². The van der Waals surface area contributed by atoms with Gasteiger partial charge >= 0.3 is 5.97 Å². The normalized spacial score (nSPS) is 30.2. The molecular formula is C15H23NO4. The largest absolute Gasteiger partial charge is 0.481 e. The van der Waals surface area contributed by atoms with Gasteiger partial charge in [-0.25, -0.2) is 0 Å².